The average Bonchev–Trinajstić information content (AvgIpc) is 2.54. The molecule has 0 fully saturated rings. The molecule has 0 heterocycles. The summed E-state index contributed by atoms with van der Waals surface area (Å²) in [5.74, 6) is -0.303. The molecule has 134 valence electrons. The highest BCUT2D eigenvalue weighted by Crippen LogP contribution is 2.19. The number of nitrogens with one attached hydrogen (secondary N) is 2. The number of rotatable bonds is 9. The Bertz CT molecular complexity index is 545. The summed E-state index contributed by atoms with van der Waals surface area (Å²) in [6.45, 7) is 9.03. The molecule has 1 aromatic carbocycles. The minimum absolute atomic E-state index is 0.244. The molecule has 0 spiro atoms. The lowest BCUT2D eigenvalue weighted by Crippen LogP contribution is -2.37. The predicted molar refractivity (Wildman–Crippen MR) is 97.9 cm³/mol. The number of anilines is 1. The SMILES string of the molecule is CCOC(CNC(=S)Nc1cccc(COC(C)=O)c1C)OCC. The second kappa shape index (κ2) is 11.0. The van der Waals surface area contributed by atoms with Crippen molar-refractivity contribution in [3.8, 4) is 0 Å². The van der Waals surface area contributed by atoms with Gasteiger partial charge in [-0.15, -0.1) is 0 Å². The van der Waals surface area contributed by atoms with E-state index in [4.69, 9.17) is 26.4 Å². The smallest absolute Gasteiger partial charge is 0.302 e. The van der Waals surface area contributed by atoms with Gasteiger partial charge in [-0.05, 0) is 50.2 Å². The van der Waals surface area contributed by atoms with Crippen LogP contribution in [0.5, 0.6) is 0 Å². The summed E-state index contributed by atoms with van der Waals surface area (Å²) in [5.41, 5.74) is 2.77. The number of thiocarbonyl (C=S) groups is 1. The fourth-order valence-corrected chi connectivity index (χ4v) is 2.23. The largest absolute Gasteiger partial charge is 0.461 e. The van der Waals surface area contributed by atoms with E-state index in [0.717, 1.165) is 16.8 Å². The molecule has 2 N–H and O–H groups in total. The molecular formula is C17H26N2O4S. The zero-order valence-corrected chi connectivity index (χ0v) is 15.5. The lowest BCUT2D eigenvalue weighted by molar-refractivity contribution is -0.142. The van der Waals surface area contributed by atoms with Crippen LogP contribution in [-0.4, -0.2) is 37.1 Å². The molecule has 1 rings (SSSR count). The van der Waals surface area contributed by atoms with Crippen LogP contribution in [0.1, 0.15) is 31.9 Å². The third-order valence-electron chi connectivity index (χ3n) is 3.26. The maximum Gasteiger partial charge on any atom is 0.302 e. The molecule has 0 unspecified atom stereocenters. The highest BCUT2D eigenvalue weighted by molar-refractivity contribution is 7.80. The first-order valence-electron chi connectivity index (χ1n) is 7.97. The molecule has 1 aromatic rings. The number of carbonyl (C=O) groups excluding carboxylic acids is 1. The summed E-state index contributed by atoms with van der Waals surface area (Å²) in [6, 6.07) is 5.73. The van der Waals surface area contributed by atoms with Crippen LogP contribution >= 0.6 is 12.2 Å². The maximum atomic E-state index is 11.0. The molecular weight excluding hydrogens is 328 g/mol. The molecule has 0 bridgehead atoms. The van der Waals surface area contributed by atoms with Crippen LogP contribution in [0.25, 0.3) is 0 Å². The number of hydrogen-bond acceptors (Lipinski definition) is 5. The van der Waals surface area contributed by atoms with Gasteiger partial charge in [-0.25, -0.2) is 0 Å². The minimum Gasteiger partial charge on any atom is -0.461 e. The molecule has 0 radical (unpaired) electrons. The van der Waals surface area contributed by atoms with Crippen LogP contribution in [-0.2, 0) is 25.6 Å². The molecule has 0 aliphatic carbocycles. The van der Waals surface area contributed by atoms with E-state index in [1.165, 1.54) is 6.92 Å². The number of ether oxygens (including phenoxy) is 3. The Hall–Kier alpha value is -1.70. The van der Waals surface area contributed by atoms with E-state index in [-0.39, 0.29) is 18.9 Å². The monoisotopic (exact) mass is 354 g/mol. The van der Waals surface area contributed by atoms with Gasteiger partial charge in [-0.2, -0.15) is 0 Å². The zero-order chi connectivity index (χ0) is 17.9. The molecule has 0 amide bonds. The summed E-state index contributed by atoms with van der Waals surface area (Å²) in [5, 5.41) is 6.71. The standard InChI is InChI=1S/C17H26N2O4S/c1-5-21-16(22-6-2)10-18-17(24)19-15-9-7-8-14(12(15)3)11-23-13(4)20/h7-9,16H,5-6,10-11H2,1-4H3,(H2,18,19,24). The Kier molecular flexibility index (Phi) is 9.29. The van der Waals surface area contributed by atoms with Gasteiger partial charge >= 0.3 is 5.97 Å². The summed E-state index contributed by atoms with van der Waals surface area (Å²) in [4.78, 5) is 11.0. The van der Waals surface area contributed by atoms with Crippen molar-refractivity contribution in [2.45, 2.75) is 40.6 Å². The maximum absolute atomic E-state index is 11.0. The average molecular weight is 354 g/mol. The number of benzene rings is 1. The summed E-state index contributed by atoms with van der Waals surface area (Å²) in [7, 11) is 0. The molecule has 0 aromatic heterocycles. The van der Waals surface area contributed by atoms with Gasteiger partial charge in [0.15, 0.2) is 11.4 Å². The first kappa shape index (κ1) is 20.3. The summed E-state index contributed by atoms with van der Waals surface area (Å²) < 4.78 is 16.0. The molecule has 7 heteroatoms. The van der Waals surface area contributed by atoms with Gasteiger partial charge in [-0.1, -0.05) is 12.1 Å². The molecule has 0 saturated carbocycles. The van der Waals surface area contributed by atoms with Crippen LogP contribution in [0.2, 0.25) is 0 Å². The minimum atomic E-state index is -0.337. The van der Waals surface area contributed by atoms with Crippen molar-refractivity contribution in [1.82, 2.24) is 5.32 Å². The molecule has 0 atom stereocenters. The Morgan fingerprint density at radius 3 is 2.50 bits per heavy atom. The van der Waals surface area contributed by atoms with Crippen molar-refractivity contribution in [2.24, 2.45) is 0 Å². The van der Waals surface area contributed by atoms with E-state index < -0.39 is 0 Å². The van der Waals surface area contributed by atoms with Crippen molar-refractivity contribution in [2.75, 3.05) is 25.1 Å². The van der Waals surface area contributed by atoms with Crippen molar-refractivity contribution in [3.05, 3.63) is 29.3 Å². The van der Waals surface area contributed by atoms with E-state index in [2.05, 4.69) is 10.6 Å². The fraction of sp³-hybridized carbons (Fsp3) is 0.529. The van der Waals surface area contributed by atoms with Gasteiger partial charge in [0, 0.05) is 25.8 Å². The van der Waals surface area contributed by atoms with Gasteiger partial charge in [0.1, 0.15) is 6.61 Å². The Morgan fingerprint density at radius 2 is 1.92 bits per heavy atom. The second-order valence-electron chi connectivity index (χ2n) is 5.05. The first-order chi connectivity index (χ1) is 11.5. The Balaban J connectivity index is 2.60. The van der Waals surface area contributed by atoms with Crippen LogP contribution in [0.3, 0.4) is 0 Å². The highest BCUT2D eigenvalue weighted by atomic mass is 32.1. The van der Waals surface area contributed by atoms with Crippen molar-refractivity contribution in [1.29, 1.82) is 0 Å². The van der Waals surface area contributed by atoms with Gasteiger partial charge in [0.25, 0.3) is 0 Å². The van der Waals surface area contributed by atoms with E-state index in [9.17, 15) is 4.79 Å². The van der Waals surface area contributed by atoms with Crippen LogP contribution in [0, 0.1) is 6.92 Å². The van der Waals surface area contributed by atoms with Gasteiger partial charge < -0.3 is 24.8 Å². The van der Waals surface area contributed by atoms with E-state index in [1.807, 2.05) is 39.0 Å². The molecule has 0 aliphatic rings. The van der Waals surface area contributed by atoms with Crippen molar-refractivity contribution >= 4 is 29.0 Å². The highest BCUT2D eigenvalue weighted by Gasteiger charge is 2.10. The molecule has 6 nitrogen and oxygen atoms in total. The lowest BCUT2D eigenvalue weighted by atomic mass is 10.1. The molecule has 0 aliphatic heterocycles. The Morgan fingerprint density at radius 1 is 1.25 bits per heavy atom. The third-order valence-corrected chi connectivity index (χ3v) is 3.51. The van der Waals surface area contributed by atoms with Crippen molar-refractivity contribution < 1.29 is 19.0 Å². The lowest BCUT2D eigenvalue weighted by Gasteiger charge is -2.19. The van der Waals surface area contributed by atoms with Gasteiger partial charge in [-0.3, -0.25) is 4.79 Å². The first-order valence-corrected chi connectivity index (χ1v) is 8.38. The molecule has 24 heavy (non-hydrogen) atoms. The fourth-order valence-electron chi connectivity index (χ4n) is 2.03. The van der Waals surface area contributed by atoms with E-state index in [0.29, 0.717) is 24.9 Å². The normalized spacial score (nSPS) is 10.5. The van der Waals surface area contributed by atoms with E-state index in [1.54, 1.807) is 0 Å². The van der Waals surface area contributed by atoms with Crippen LogP contribution in [0.4, 0.5) is 5.69 Å². The summed E-state index contributed by atoms with van der Waals surface area (Å²) in [6.07, 6.45) is -0.337. The third kappa shape index (κ3) is 7.25. The Labute approximate surface area is 148 Å². The van der Waals surface area contributed by atoms with Crippen LogP contribution < -0.4 is 10.6 Å². The predicted octanol–water partition coefficient (Wildman–Crippen LogP) is 2.74. The van der Waals surface area contributed by atoms with Gasteiger partial charge in [0.2, 0.25) is 0 Å². The van der Waals surface area contributed by atoms with Crippen molar-refractivity contribution in [3.63, 3.8) is 0 Å². The molecule has 0 saturated heterocycles. The number of esters is 1. The van der Waals surface area contributed by atoms with Crippen LogP contribution in [0.15, 0.2) is 18.2 Å². The number of carbonyl (C=O) groups is 1. The summed E-state index contributed by atoms with van der Waals surface area (Å²) >= 11 is 5.31. The topological polar surface area (TPSA) is 68.8 Å². The van der Waals surface area contributed by atoms with E-state index >= 15 is 0 Å². The zero-order valence-electron chi connectivity index (χ0n) is 14.7. The van der Waals surface area contributed by atoms with Gasteiger partial charge in [0.05, 0.1) is 6.54 Å². The quantitative estimate of drug-likeness (QED) is 0.401. The number of hydrogen-bond donors (Lipinski definition) is 2. The second-order valence-corrected chi connectivity index (χ2v) is 5.45.